The zero-order valence-corrected chi connectivity index (χ0v) is 19.0. The molecule has 2 aliphatic rings. The fourth-order valence-corrected chi connectivity index (χ4v) is 7.69. The van der Waals surface area contributed by atoms with E-state index in [0.29, 0.717) is 10.6 Å². The molecule has 3 aromatic rings. The molecule has 0 spiro atoms. The summed E-state index contributed by atoms with van der Waals surface area (Å²) in [5, 5.41) is 5.55. The van der Waals surface area contributed by atoms with E-state index in [9.17, 15) is 9.59 Å². The fraction of sp³-hybridized carbons (Fsp3) is 0.429. The molecular weight excluding hydrogens is 438 g/mol. The highest BCUT2D eigenvalue weighted by Crippen LogP contribution is 2.41. The van der Waals surface area contributed by atoms with E-state index < -0.39 is 0 Å². The SMILES string of the molecule is COC(=O)c1c(NC(=O)CSc2ncnc3sc4c(c23)CCCC4)sc2c1CCC2. The minimum Gasteiger partial charge on any atom is -0.465 e. The molecule has 3 aromatic heterocycles. The number of nitrogens with one attached hydrogen (secondary N) is 1. The molecule has 6 nitrogen and oxygen atoms in total. The molecule has 3 heterocycles. The van der Waals surface area contributed by atoms with Crippen molar-refractivity contribution >= 4 is 61.5 Å². The summed E-state index contributed by atoms with van der Waals surface area (Å²) >= 11 is 4.69. The Bertz CT molecular complexity index is 1150. The Morgan fingerprint density at radius 1 is 1.07 bits per heavy atom. The number of methoxy groups -OCH3 is 1. The molecule has 0 saturated carbocycles. The van der Waals surface area contributed by atoms with Gasteiger partial charge in [-0.3, -0.25) is 4.79 Å². The Labute approximate surface area is 186 Å². The van der Waals surface area contributed by atoms with Gasteiger partial charge in [0.2, 0.25) is 5.91 Å². The van der Waals surface area contributed by atoms with Gasteiger partial charge < -0.3 is 10.1 Å². The lowest BCUT2D eigenvalue weighted by Crippen LogP contribution is -2.16. The number of carbonyl (C=O) groups is 2. The van der Waals surface area contributed by atoms with Gasteiger partial charge in [-0.1, -0.05) is 11.8 Å². The number of rotatable bonds is 5. The zero-order valence-electron chi connectivity index (χ0n) is 16.6. The predicted octanol–water partition coefficient (Wildman–Crippen LogP) is 4.64. The number of hydrogen-bond acceptors (Lipinski definition) is 8. The fourth-order valence-electron chi connectivity index (χ4n) is 4.28. The third-order valence-electron chi connectivity index (χ3n) is 5.62. The maximum Gasteiger partial charge on any atom is 0.341 e. The summed E-state index contributed by atoms with van der Waals surface area (Å²) in [5.41, 5.74) is 2.94. The Morgan fingerprint density at radius 2 is 1.83 bits per heavy atom. The van der Waals surface area contributed by atoms with Crippen molar-refractivity contribution < 1.29 is 14.3 Å². The highest BCUT2D eigenvalue weighted by molar-refractivity contribution is 8.00. The molecule has 0 radical (unpaired) electrons. The number of ether oxygens (including phenoxy) is 1. The van der Waals surface area contributed by atoms with Gasteiger partial charge in [-0.05, 0) is 56.1 Å². The number of aryl methyl sites for hydroxylation is 3. The van der Waals surface area contributed by atoms with Crippen molar-refractivity contribution in [3.05, 3.63) is 32.8 Å². The smallest absolute Gasteiger partial charge is 0.341 e. The molecule has 156 valence electrons. The molecule has 30 heavy (non-hydrogen) atoms. The second-order valence-electron chi connectivity index (χ2n) is 7.46. The molecule has 0 aromatic carbocycles. The van der Waals surface area contributed by atoms with Crippen LogP contribution in [0, 0.1) is 0 Å². The summed E-state index contributed by atoms with van der Waals surface area (Å²) in [6.07, 6.45) is 9.04. The molecule has 0 atom stereocenters. The van der Waals surface area contributed by atoms with Crippen molar-refractivity contribution in [2.24, 2.45) is 0 Å². The third kappa shape index (κ3) is 3.52. The number of thioether (sulfide) groups is 1. The van der Waals surface area contributed by atoms with Gasteiger partial charge in [0.1, 0.15) is 21.2 Å². The second kappa shape index (κ2) is 8.28. The van der Waals surface area contributed by atoms with E-state index in [-0.39, 0.29) is 17.6 Å². The average molecular weight is 460 g/mol. The van der Waals surface area contributed by atoms with Gasteiger partial charge in [0.05, 0.1) is 18.4 Å². The first kappa shape index (κ1) is 20.0. The Morgan fingerprint density at radius 3 is 2.70 bits per heavy atom. The van der Waals surface area contributed by atoms with E-state index in [0.717, 1.165) is 52.9 Å². The molecule has 2 aliphatic carbocycles. The van der Waals surface area contributed by atoms with Crippen LogP contribution in [0.2, 0.25) is 0 Å². The van der Waals surface area contributed by atoms with E-state index in [1.807, 2.05) is 0 Å². The summed E-state index contributed by atoms with van der Waals surface area (Å²) in [7, 11) is 1.38. The number of esters is 1. The Balaban J connectivity index is 1.34. The topological polar surface area (TPSA) is 81.2 Å². The van der Waals surface area contributed by atoms with Crippen molar-refractivity contribution in [1.29, 1.82) is 0 Å². The summed E-state index contributed by atoms with van der Waals surface area (Å²) in [4.78, 5) is 37.5. The van der Waals surface area contributed by atoms with Gasteiger partial charge in [-0.25, -0.2) is 14.8 Å². The van der Waals surface area contributed by atoms with Crippen molar-refractivity contribution in [1.82, 2.24) is 9.97 Å². The molecule has 0 unspecified atom stereocenters. The van der Waals surface area contributed by atoms with Gasteiger partial charge in [-0.2, -0.15) is 0 Å². The van der Waals surface area contributed by atoms with Crippen LogP contribution >= 0.6 is 34.4 Å². The minimum absolute atomic E-state index is 0.138. The Hall–Kier alpha value is -1.97. The largest absolute Gasteiger partial charge is 0.465 e. The normalized spacial score (nSPS) is 15.1. The first-order valence-corrected chi connectivity index (χ1v) is 12.7. The van der Waals surface area contributed by atoms with Crippen LogP contribution in [0.15, 0.2) is 11.4 Å². The molecule has 0 bridgehead atoms. The summed E-state index contributed by atoms with van der Waals surface area (Å²) in [6.45, 7) is 0. The molecule has 9 heteroatoms. The number of anilines is 1. The minimum atomic E-state index is -0.375. The first-order valence-electron chi connectivity index (χ1n) is 10.1. The van der Waals surface area contributed by atoms with Crippen LogP contribution in [0.1, 0.15) is 50.5 Å². The zero-order chi connectivity index (χ0) is 20.7. The van der Waals surface area contributed by atoms with Crippen LogP contribution < -0.4 is 5.32 Å². The molecule has 0 fully saturated rings. The van der Waals surface area contributed by atoms with Crippen LogP contribution in [0.5, 0.6) is 0 Å². The second-order valence-corrected chi connectivity index (χ2v) is 10.6. The van der Waals surface area contributed by atoms with E-state index >= 15 is 0 Å². The van der Waals surface area contributed by atoms with Crippen LogP contribution in [0.25, 0.3) is 10.2 Å². The lowest BCUT2D eigenvalue weighted by Gasteiger charge is -2.11. The number of amides is 1. The summed E-state index contributed by atoms with van der Waals surface area (Å²) < 4.78 is 4.96. The molecular formula is C21H21N3O3S3. The van der Waals surface area contributed by atoms with Crippen molar-refractivity contribution in [3.63, 3.8) is 0 Å². The van der Waals surface area contributed by atoms with Gasteiger partial charge in [0, 0.05) is 15.1 Å². The standard InChI is InChI=1S/C21H21N3O3S3/c1-27-21(26)17-12-6-4-8-14(12)30-20(17)24-15(25)9-28-18-16-11-5-2-3-7-13(11)29-19(16)23-10-22-18/h10H,2-9H2,1H3,(H,24,25). The van der Waals surface area contributed by atoms with Crippen LogP contribution in [0.4, 0.5) is 5.00 Å². The lowest BCUT2D eigenvalue weighted by molar-refractivity contribution is -0.113. The number of fused-ring (bicyclic) bond motifs is 4. The lowest BCUT2D eigenvalue weighted by atomic mass is 9.97. The van der Waals surface area contributed by atoms with Gasteiger partial charge in [0.25, 0.3) is 0 Å². The third-order valence-corrected chi connectivity index (χ3v) is 9.02. The highest BCUT2D eigenvalue weighted by atomic mass is 32.2. The molecule has 1 amide bonds. The highest BCUT2D eigenvalue weighted by Gasteiger charge is 2.28. The van der Waals surface area contributed by atoms with Crippen molar-refractivity contribution in [2.75, 3.05) is 18.2 Å². The number of hydrogen-bond donors (Lipinski definition) is 1. The number of thiophene rings is 2. The maximum absolute atomic E-state index is 12.7. The Kier molecular flexibility index (Phi) is 5.51. The van der Waals surface area contributed by atoms with Gasteiger partial charge in [0.15, 0.2) is 0 Å². The van der Waals surface area contributed by atoms with Crippen LogP contribution in [-0.2, 0) is 35.2 Å². The first-order chi connectivity index (χ1) is 14.7. The molecule has 0 aliphatic heterocycles. The quantitative estimate of drug-likeness (QED) is 0.340. The number of nitrogens with zero attached hydrogens (tertiary/aromatic N) is 2. The number of aromatic nitrogens is 2. The van der Waals surface area contributed by atoms with Crippen LogP contribution in [0.3, 0.4) is 0 Å². The average Bonchev–Trinajstić information content (AvgIpc) is 3.44. The molecule has 1 N–H and O–H groups in total. The summed E-state index contributed by atoms with van der Waals surface area (Å²) in [5.74, 6) is -0.277. The van der Waals surface area contributed by atoms with E-state index in [2.05, 4.69) is 15.3 Å². The van der Waals surface area contributed by atoms with E-state index in [1.54, 1.807) is 17.7 Å². The van der Waals surface area contributed by atoms with E-state index in [4.69, 9.17) is 4.74 Å². The molecule has 5 rings (SSSR count). The monoisotopic (exact) mass is 459 g/mol. The van der Waals surface area contributed by atoms with E-state index in [1.165, 1.54) is 58.4 Å². The number of carbonyl (C=O) groups excluding carboxylic acids is 2. The predicted molar refractivity (Wildman–Crippen MR) is 121 cm³/mol. The van der Waals surface area contributed by atoms with Gasteiger partial charge in [-0.15, -0.1) is 22.7 Å². The summed E-state index contributed by atoms with van der Waals surface area (Å²) in [6, 6.07) is 0. The molecule has 0 saturated heterocycles. The maximum atomic E-state index is 12.7. The van der Waals surface area contributed by atoms with Crippen molar-refractivity contribution in [2.45, 2.75) is 50.0 Å². The van der Waals surface area contributed by atoms with Crippen LogP contribution in [-0.4, -0.2) is 34.7 Å². The van der Waals surface area contributed by atoms with Crippen molar-refractivity contribution in [3.8, 4) is 0 Å². The van der Waals surface area contributed by atoms with Gasteiger partial charge >= 0.3 is 5.97 Å².